The number of anilines is 1. The molecule has 1 amide bonds. The van der Waals surface area contributed by atoms with Gasteiger partial charge in [-0.25, -0.2) is 9.78 Å². The molecule has 0 saturated heterocycles. The SMILES string of the molecule is Cc1csc(C(=O)O)c1NC(=O)c1n[nH]c(C(C)C)n1. The quantitative estimate of drug-likeness (QED) is 0.801. The van der Waals surface area contributed by atoms with Crippen molar-refractivity contribution in [3.63, 3.8) is 0 Å². The number of nitrogens with zero attached hydrogens (tertiary/aromatic N) is 2. The first-order valence-corrected chi connectivity index (χ1v) is 6.83. The average Bonchev–Trinajstić information content (AvgIpc) is 2.97. The molecule has 0 aliphatic heterocycles. The first-order valence-electron chi connectivity index (χ1n) is 5.95. The lowest BCUT2D eigenvalue weighted by Gasteiger charge is -2.03. The third-order valence-electron chi connectivity index (χ3n) is 2.66. The number of carbonyl (C=O) groups excluding carboxylic acids is 1. The summed E-state index contributed by atoms with van der Waals surface area (Å²) >= 11 is 1.07. The van der Waals surface area contributed by atoms with Crippen LogP contribution >= 0.6 is 11.3 Å². The zero-order valence-electron chi connectivity index (χ0n) is 11.2. The predicted octanol–water partition coefficient (Wildman–Crippen LogP) is 2.25. The van der Waals surface area contributed by atoms with Crippen LogP contribution in [0.1, 0.15) is 51.4 Å². The number of thiophene rings is 1. The number of aryl methyl sites for hydroxylation is 1. The number of carbonyl (C=O) groups is 2. The van der Waals surface area contributed by atoms with Crippen molar-refractivity contribution in [2.24, 2.45) is 0 Å². The minimum Gasteiger partial charge on any atom is -0.477 e. The van der Waals surface area contributed by atoms with Gasteiger partial charge in [0.1, 0.15) is 10.7 Å². The molecule has 0 unspecified atom stereocenters. The Kier molecular flexibility index (Phi) is 3.84. The summed E-state index contributed by atoms with van der Waals surface area (Å²) < 4.78 is 0. The monoisotopic (exact) mass is 294 g/mol. The fourth-order valence-corrected chi connectivity index (χ4v) is 2.40. The molecule has 0 aliphatic rings. The minimum atomic E-state index is -1.07. The van der Waals surface area contributed by atoms with Gasteiger partial charge in [0, 0.05) is 5.92 Å². The molecule has 0 fully saturated rings. The van der Waals surface area contributed by atoms with E-state index in [-0.39, 0.29) is 16.6 Å². The molecule has 2 rings (SSSR count). The number of amides is 1. The fourth-order valence-electron chi connectivity index (χ4n) is 1.56. The van der Waals surface area contributed by atoms with Gasteiger partial charge in [-0.3, -0.25) is 9.89 Å². The molecule has 3 N–H and O–H groups in total. The van der Waals surface area contributed by atoms with Crippen molar-refractivity contribution < 1.29 is 14.7 Å². The van der Waals surface area contributed by atoms with E-state index in [1.165, 1.54) is 0 Å². The van der Waals surface area contributed by atoms with Crippen molar-refractivity contribution in [2.45, 2.75) is 26.7 Å². The molecule has 0 spiro atoms. The Bertz CT molecular complexity index is 659. The largest absolute Gasteiger partial charge is 0.477 e. The molecule has 8 heteroatoms. The number of hydrogen-bond donors (Lipinski definition) is 3. The molecular formula is C12H14N4O3S. The summed E-state index contributed by atoms with van der Waals surface area (Å²) in [6.07, 6.45) is 0. The number of rotatable bonds is 4. The maximum Gasteiger partial charge on any atom is 0.348 e. The molecule has 0 radical (unpaired) electrons. The highest BCUT2D eigenvalue weighted by Gasteiger charge is 2.20. The Balaban J connectivity index is 2.23. The number of carboxylic acid groups (broad SMARTS) is 1. The maximum atomic E-state index is 12.0. The standard InChI is InChI=1S/C12H14N4O3S/c1-5(2)9-14-10(16-15-9)11(17)13-7-6(3)4-20-8(7)12(18)19/h4-5H,1-3H3,(H,13,17)(H,18,19)(H,14,15,16). The topological polar surface area (TPSA) is 108 Å². The number of H-pyrrole nitrogens is 1. The first-order chi connectivity index (χ1) is 9.40. The summed E-state index contributed by atoms with van der Waals surface area (Å²) in [5, 5.41) is 19.8. The van der Waals surface area contributed by atoms with E-state index in [2.05, 4.69) is 20.5 Å². The molecule has 2 heterocycles. The minimum absolute atomic E-state index is 0.00404. The summed E-state index contributed by atoms with van der Waals surface area (Å²) in [5.41, 5.74) is 0.990. The van der Waals surface area contributed by atoms with Crippen molar-refractivity contribution in [1.29, 1.82) is 0 Å². The highest BCUT2D eigenvalue weighted by molar-refractivity contribution is 7.12. The van der Waals surface area contributed by atoms with E-state index in [9.17, 15) is 9.59 Å². The van der Waals surface area contributed by atoms with Gasteiger partial charge in [-0.2, -0.15) is 0 Å². The molecule has 0 saturated carbocycles. The van der Waals surface area contributed by atoms with Crippen molar-refractivity contribution in [2.75, 3.05) is 5.32 Å². The summed E-state index contributed by atoms with van der Waals surface area (Å²) in [7, 11) is 0. The number of aromatic amines is 1. The van der Waals surface area contributed by atoms with Crippen LogP contribution in [0.25, 0.3) is 0 Å². The van der Waals surface area contributed by atoms with Crippen LogP contribution in [-0.4, -0.2) is 32.2 Å². The van der Waals surface area contributed by atoms with Crippen LogP contribution in [0, 0.1) is 6.92 Å². The van der Waals surface area contributed by atoms with Gasteiger partial charge in [0.25, 0.3) is 5.91 Å². The normalized spacial score (nSPS) is 10.8. The second kappa shape index (κ2) is 5.41. The van der Waals surface area contributed by atoms with E-state index < -0.39 is 11.9 Å². The van der Waals surface area contributed by atoms with E-state index >= 15 is 0 Å². The molecule has 7 nitrogen and oxygen atoms in total. The lowest BCUT2D eigenvalue weighted by molar-refractivity contribution is 0.0703. The average molecular weight is 294 g/mol. The van der Waals surface area contributed by atoms with E-state index in [4.69, 9.17) is 5.11 Å². The van der Waals surface area contributed by atoms with Gasteiger partial charge >= 0.3 is 5.97 Å². The van der Waals surface area contributed by atoms with Crippen molar-refractivity contribution in [3.8, 4) is 0 Å². The van der Waals surface area contributed by atoms with Gasteiger partial charge in [-0.05, 0) is 17.9 Å². The van der Waals surface area contributed by atoms with Crippen LogP contribution < -0.4 is 5.32 Å². The van der Waals surface area contributed by atoms with Gasteiger partial charge in [-0.1, -0.05) is 13.8 Å². The number of aromatic carboxylic acids is 1. The second-order valence-corrected chi connectivity index (χ2v) is 5.46. The van der Waals surface area contributed by atoms with Gasteiger partial charge in [0.2, 0.25) is 5.82 Å². The Morgan fingerprint density at radius 3 is 2.70 bits per heavy atom. The number of nitrogens with one attached hydrogen (secondary N) is 2. The molecule has 0 bridgehead atoms. The van der Waals surface area contributed by atoms with Gasteiger partial charge in [0.15, 0.2) is 0 Å². The van der Waals surface area contributed by atoms with Crippen molar-refractivity contribution >= 4 is 28.9 Å². The number of hydrogen-bond acceptors (Lipinski definition) is 5. The molecule has 20 heavy (non-hydrogen) atoms. The van der Waals surface area contributed by atoms with Gasteiger partial charge < -0.3 is 10.4 Å². The van der Waals surface area contributed by atoms with E-state index in [0.29, 0.717) is 17.1 Å². The molecule has 2 aromatic rings. The van der Waals surface area contributed by atoms with Gasteiger partial charge in [-0.15, -0.1) is 16.4 Å². The highest BCUT2D eigenvalue weighted by atomic mass is 32.1. The van der Waals surface area contributed by atoms with Crippen LogP contribution in [-0.2, 0) is 0 Å². The molecule has 106 valence electrons. The summed E-state index contributed by atoms with van der Waals surface area (Å²) in [6, 6.07) is 0. The van der Waals surface area contributed by atoms with Crippen LogP contribution in [0.15, 0.2) is 5.38 Å². The van der Waals surface area contributed by atoms with Crippen LogP contribution in [0.3, 0.4) is 0 Å². The van der Waals surface area contributed by atoms with E-state index in [1.54, 1.807) is 12.3 Å². The fraction of sp³-hybridized carbons (Fsp3) is 0.333. The predicted molar refractivity (Wildman–Crippen MR) is 74.4 cm³/mol. The summed E-state index contributed by atoms with van der Waals surface area (Å²) in [6.45, 7) is 5.58. The molecule has 2 aromatic heterocycles. The molecule has 0 aliphatic carbocycles. The number of aromatic nitrogens is 3. The van der Waals surface area contributed by atoms with Crippen molar-refractivity contribution in [3.05, 3.63) is 27.5 Å². The molecule has 0 aromatic carbocycles. The third-order valence-corrected chi connectivity index (χ3v) is 3.75. The van der Waals surface area contributed by atoms with Crippen molar-refractivity contribution in [1.82, 2.24) is 15.2 Å². The Morgan fingerprint density at radius 1 is 1.45 bits per heavy atom. The molecular weight excluding hydrogens is 280 g/mol. The zero-order valence-corrected chi connectivity index (χ0v) is 12.0. The third kappa shape index (κ3) is 2.69. The Hall–Kier alpha value is -2.22. The summed E-state index contributed by atoms with van der Waals surface area (Å²) in [4.78, 5) is 27.3. The van der Waals surface area contributed by atoms with E-state index in [0.717, 1.165) is 11.3 Å². The van der Waals surface area contributed by atoms with Crippen LogP contribution in [0.2, 0.25) is 0 Å². The highest BCUT2D eigenvalue weighted by Crippen LogP contribution is 2.27. The van der Waals surface area contributed by atoms with Gasteiger partial charge in [0.05, 0.1) is 5.69 Å². The Morgan fingerprint density at radius 2 is 2.15 bits per heavy atom. The smallest absolute Gasteiger partial charge is 0.348 e. The number of carboxylic acids is 1. The second-order valence-electron chi connectivity index (χ2n) is 4.58. The lowest BCUT2D eigenvalue weighted by Crippen LogP contribution is -2.16. The summed E-state index contributed by atoms with van der Waals surface area (Å²) in [5.74, 6) is -0.874. The molecule has 0 atom stereocenters. The first kappa shape index (κ1) is 14.2. The van der Waals surface area contributed by atoms with E-state index in [1.807, 2.05) is 13.8 Å². The maximum absolute atomic E-state index is 12.0. The lowest BCUT2D eigenvalue weighted by atomic mass is 10.2. The van der Waals surface area contributed by atoms with Crippen LogP contribution in [0.4, 0.5) is 5.69 Å². The van der Waals surface area contributed by atoms with Crippen LogP contribution in [0.5, 0.6) is 0 Å². The Labute approximate surface area is 119 Å². The zero-order chi connectivity index (χ0) is 14.9.